The van der Waals surface area contributed by atoms with Crippen LogP contribution in [0.3, 0.4) is 0 Å². The van der Waals surface area contributed by atoms with Crippen LogP contribution in [0.4, 0.5) is 8.78 Å². The topological polar surface area (TPSA) is 33.3 Å². The Hall–Kier alpha value is -0.260. The second kappa shape index (κ2) is 8.90. The first-order chi connectivity index (χ1) is 9.77. The molecule has 3 unspecified atom stereocenters. The third-order valence-corrected chi connectivity index (χ3v) is 4.58. The first kappa shape index (κ1) is 16.1. The molecule has 2 N–H and O–H groups in total. The Morgan fingerprint density at radius 1 is 1.10 bits per heavy atom. The fourth-order valence-electron chi connectivity index (χ4n) is 3.63. The molecule has 1 aliphatic carbocycles. The molecule has 20 heavy (non-hydrogen) atoms. The Labute approximate surface area is 120 Å². The van der Waals surface area contributed by atoms with Crippen LogP contribution in [0.2, 0.25) is 0 Å². The molecule has 1 saturated carbocycles. The van der Waals surface area contributed by atoms with E-state index in [1.165, 1.54) is 44.9 Å². The van der Waals surface area contributed by atoms with Crippen molar-refractivity contribution < 1.29 is 13.5 Å². The van der Waals surface area contributed by atoms with E-state index in [2.05, 4.69) is 10.6 Å². The predicted octanol–water partition coefficient (Wildman–Crippen LogP) is 2.56. The van der Waals surface area contributed by atoms with Gasteiger partial charge in [0.25, 0.3) is 6.43 Å². The van der Waals surface area contributed by atoms with E-state index in [0.29, 0.717) is 31.2 Å². The average molecular weight is 290 g/mol. The summed E-state index contributed by atoms with van der Waals surface area (Å²) in [4.78, 5) is 0. The van der Waals surface area contributed by atoms with Gasteiger partial charge in [-0.05, 0) is 38.1 Å². The zero-order valence-electron chi connectivity index (χ0n) is 12.3. The highest BCUT2D eigenvalue weighted by molar-refractivity contribution is 4.90. The van der Waals surface area contributed by atoms with Crippen LogP contribution in [0.5, 0.6) is 0 Å². The van der Waals surface area contributed by atoms with Gasteiger partial charge in [-0.15, -0.1) is 0 Å². The molecule has 2 rings (SSSR count). The summed E-state index contributed by atoms with van der Waals surface area (Å²) in [5.74, 6) is 0.694. The Bertz CT molecular complexity index is 260. The van der Waals surface area contributed by atoms with Crippen molar-refractivity contribution in [1.82, 2.24) is 10.6 Å². The zero-order chi connectivity index (χ0) is 14.2. The third kappa shape index (κ3) is 5.26. The highest BCUT2D eigenvalue weighted by Crippen LogP contribution is 2.30. The molecule has 3 atom stereocenters. The molecule has 0 aromatic rings. The SMILES string of the molecule is FC(F)COCCNC1CCCCC1C1CCCCN1. The number of piperidine rings is 1. The quantitative estimate of drug-likeness (QED) is 0.707. The van der Waals surface area contributed by atoms with E-state index < -0.39 is 13.0 Å². The molecule has 0 aromatic heterocycles. The van der Waals surface area contributed by atoms with E-state index in [9.17, 15) is 8.78 Å². The van der Waals surface area contributed by atoms with Gasteiger partial charge in [0.2, 0.25) is 0 Å². The van der Waals surface area contributed by atoms with Crippen molar-refractivity contribution in [2.45, 2.75) is 63.5 Å². The average Bonchev–Trinajstić information content (AvgIpc) is 2.48. The summed E-state index contributed by atoms with van der Waals surface area (Å²) in [5, 5.41) is 7.20. The number of nitrogens with one attached hydrogen (secondary N) is 2. The number of hydrogen-bond acceptors (Lipinski definition) is 3. The summed E-state index contributed by atoms with van der Waals surface area (Å²) < 4.78 is 28.9. The largest absolute Gasteiger partial charge is 0.374 e. The Morgan fingerprint density at radius 2 is 1.90 bits per heavy atom. The summed E-state index contributed by atoms with van der Waals surface area (Å²) in [7, 11) is 0. The van der Waals surface area contributed by atoms with Crippen molar-refractivity contribution in [3.63, 3.8) is 0 Å². The van der Waals surface area contributed by atoms with Crippen LogP contribution >= 0.6 is 0 Å². The molecule has 118 valence electrons. The minimum Gasteiger partial charge on any atom is -0.374 e. The van der Waals surface area contributed by atoms with Gasteiger partial charge < -0.3 is 15.4 Å². The van der Waals surface area contributed by atoms with Crippen LogP contribution < -0.4 is 10.6 Å². The minimum absolute atomic E-state index is 0.381. The second-order valence-corrected chi connectivity index (χ2v) is 6.03. The maximum atomic E-state index is 12.0. The number of ether oxygens (including phenoxy) is 1. The second-order valence-electron chi connectivity index (χ2n) is 6.03. The van der Waals surface area contributed by atoms with Crippen molar-refractivity contribution >= 4 is 0 Å². The molecule has 0 amide bonds. The molecule has 0 spiro atoms. The molecule has 5 heteroatoms. The standard InChI is InChI=1S/C15H28F2N2O/c16-15(17)11-20-10-9-19-14-6-2-1-5-12(14)13-7-3-4-8-18-13/h12-15,18-19H,1-11H2. The molecule has 0 radical (unpaired) electrons. The predicted molar refractivity (Wildman–Crippen MR) is 76.2 cm³/mol. The number of hydrogen-bond donors (Lipinski definition) is 2. The smallest absolute Gasteiger partial charge is 0.261 e. The van der Waals surface area contributed by atoms with Crippen LogP contribution in [-0.4, -0.2) is 44.8 Å². The van der Waals surface area contributed by atoms with Gasteiger partial charge in [-0.2, -0.15) is 0 Å². The van der Waals surface area contributed by atoms with Crippen LogP contribution in [0, 0.1) is 5.92 Å². The van der Waals surface area contributed by atoms with Crippen LogP contribution in [0.25, 0.3) is 0 Å². The summed E-state index contributed by atoms with van der Waals surface area (Å²) in [6, 6.07) is 1.16. The molecular formula is C15H28F2N2O. The van der Waals surface area contributed by atoms with Gasteiger partial charge in [0.15, 0.2) is 0 Å². The summed E-state index contributed by atoms with van der Waals surface area (Å²) >= 11 is 0. The number of rotatable bonds is 7. The van der Waals surface area contributed by atoms with Gasteiger partial charge >= 0.3 is 0 Å². The molecule has 3 nitrogen and oxygen atoms in total. The molecule has 1 aliphatic heterocycles. The normalized spacial score (nSPS) is 31.6. The lowest BCUT2D eigenvalue weighted by Crippen LogP contribution is -2.51. The molecule has 0 aromatic carbocycles. The van der Waals surface area contributed by atoms with E-state index in [1.807, 2.05) is 0 Å². The lowest BCUT2D eigenvalue weighted by Gasteiger charge is -2.40. The molecule has 2 fully saturated rings. The Balaban J connectivity index is 1.69. The van der Waals surface area contributed by atoms with Crippen LogP contribution in [0.15, 0.2) is 0 Å². The van der Waals surface area contributed by atoms with Gasteiger partial charge in [-0.1, -0.05) is 19.3 Å². The molecule has 1 saturated heterocycles. The van der Waals surface area contributed by atoms with Crippen LogP contribution in [-0.2, 0) is 4.74 Å². The van der Waals surface area contributed by atoms with Crippen LogP contribution in [0.1, 0.15) is 44.9 Å². The minimum atomic E-state index is -2.36. The van der Waals surface area contributed by atoms with Gasteiger partial charge in [0.05, 0.1) is 6.61 Å². The fraction of sp³-hybridized carbons (Fsp3) is 1.00. The number of halogens is 2. The maximum absolute atomic E-state index is 12.0. The van der Waals surface area contributed by atoms with Crippen molar-refractivity contribution in [3.05, 3.63) is 0 Å². The number of alkyl halides is 2. The van der Waals surface area contributed by atoms with Gasteiger partial charge in [0, 0.05) is 18.6 Å². The molecular weight excluding hydrogens is 262 g/mol. The van der Waals surface area contributed by atoms with E-state index in [0.717, 1.165) is 6.54 Å². The lowest BCUT2D eigenvalue weighted by molar-refractivity contribution is 0.0170. The van der Waals surface area contributed by atoms with Gasteiger partial charge in [-0.3, -0.25) is 0 Å². The molecule has 0 bridgehead atoms. The van der Waals surface area contributed by atoms with E-state index in [-0.39, 0.29) is 0 Å². The van der Waals surface area contributed by atoms with E-state index in [4.69, 9.17) is 4.74 Å². The lowest BCUT2D eigenvalue weighted by atomic mass is 9.77. The van der Waals surface area contributed by atoms with Crippen molar-refractivity contribution in [2.24, 2.45) is 5.92 Å². The van der Waals surface area contributed by atoms with Crippen molar-refractivity contribution in [1.29, 1.82) is 0 Å². The Morgan fingerprint density at radius 3 is 2.65 bits per heavy atom. The summed E-state index contributed by atoms with van der Waals surface area (Å²) in [6.07, 6.45) is 6.64. The zero-order valence-corrected chi connectivity index (χ0v) is 12.3. The Kier molecular flexibility index (Phi) is 7.17. The fourth-order valence-corrected chi connectivity index (χ4v) is 3.63. The highest BCUT2D eigenvalue weighted by atomic mass is 19.3. The third-order valence-electron chi connectivity index (χ3n) is 4.58. The first-order valence-corrected chi connectivity index (χ1v) is 8.10. The van der Waals surface area contributed by atoms with Gasteiger partial charge in [0.1, 0.15) is 6.61 Å². The van der Waals surface area contributed by atoms with Gasteiger partial charge in [-0.25, -0.2) is 8.78 Å². The highest BCUT2D eigenvalue weighted by Gasteiger charge is 2.31. The molecule has 2 aliphatic rings. The van der Waals surface area contributed by atoms with E-state index in [1.54, 1.807) is 0 Å². The molecule has 1 heterocycles. The maximum Gasteiger partial charge on any atom is 0.261 e. The van der Waals surface area contributed by atoms with E-state index >= 15 is 0 Å². The first-order valence-electron chi connectivity index (χ1n) is 8.10. The van der Waals surface area contributed by atoms with Crippen molar-refractivity contribution in [2.75, 3.05) is 26.3 Å². The summed E-state index contributed by atoms with van der Waals surface area (Å²) in [6.45, 7) is 1.76. The van der Waals surface area contributed by atoms with Crippen molar-refractivity contribution in [3.8, 4) is 0 Å². The summed E-state index contributed by atoms with van der Waals surface area (Å²) in [5.41, 5.74) is 0. The monoisotopic (exact) mass is 290 g/mol.